The molecule has 1 saturated heterocycles. The molecule has 3 nitrogen and oxygen atoms in total. The molecule has 1 heterocycles. The molecule has 0 saturated carbocycles. The highest BCUT2D eigenvalue weighted by molar-refractivity contribution is 7.99. The van der Waals surface area contributed by atoms with Crippen LogP contribution in [-0.4, -0.2) is 46.6 Å². The lowest BCUT2D eigenvalue weighted by molar-refractivity contribution is -0.150. The fourth-order valence-electron chi connectivity index (χ4n) is 2.08. The first-order chi connectivity index (χ1) is 7.49. The molecule has 1 unspecified atom stereocenters. The van der Waals surface area contributed by atoms with Gasteiger partial charge in [0.2, 0.25) is 0 Å². The Hall–Kier alpha value is -0.220. The minimum absolute atomic E-state index is 0.613. The van der Waals surface area contributed by atoms with Gasteiger partial charge in [-0.1, -0.05) is 13.8 Å². The van der Waals surface area contributed by atoms with Crippen molar-refractivity contribution in [1.29, 1.82) is 0 Å². The Kier molecular flexibility index (Phi) is 5.12. The van der Waals surface area contributed by atoms with E-state index in [-0.39, 0.29) is 0 Å². The maximum absolute atomic E-state index is 11.5. The number of carboxylic acid groups (broad SMARTS) is 1. The van der Waals surface area contributed by atoms with Crippen molar-refractivity contribution >= 4 is 17.7 Å². The number of hydrogen-bond donors (Lipinski definition) is 1. The molecule has 1 fully saturated rings. The minimum Gasteiger partial charge on any atom is -0.480 e. The summed E-state index contributed by atoms with van der Waals surface area (Å²) in [5.41, 5.74) is -0.613. The number of carbonyl (C=O) groups is 1. The van der Waals surface area contributed by atoms with Crippen molar-refractivity contribution in [3.8, 4) is 0 Å². The largest absolute Gasteiger partial charge is 0.480 e. The summed E-state index contributed by atoms with van der Waals surface area (Å²) in [4.78, 5) is 13.6. The van der Waals surface area contributed by atoms with Crippen molar-refractivity contribution in [3.05, 3.63) is 0 Å². The molecule has 0 amide bonds. The van der Waals surface area contributed by atoms with Gasteiger partial charge < -0.3 is 5.11 Å². The summed E-state index contributed by atoms with van der Waals surface area (Å²) in [5, 5.41) is 9.47. The van der Waals surface area contributed by atoms with Gasteiger partial charge in [-0.2, -0.15) is 11.8 Å². The Morgan fingerprint density at radius 2 is 2.25 bits per heavy atom. The van der Waals surface area contributed by atoms with Gasteiger partial charge in [0.15, 0.2) is 0 Å². The summed E-state index contributed by atoms with van der Waals surface area (Å²) < 4.78 is 0. The number of hydrogen-bond acceptors (Lipinski definition) is 3. The second-order valence-corrected chi connectivity index (χ2v) is 6.20. The second-order valence-electron chi connectivity index (χ2n) is 5.10. The summed E-state index contributed by atoms with van der Waals surface area (Å²) in [6.07, 6.45) is 2.88. The molecular formula is C12H23NO2S. The van der Waals surface area contributed by atoms with Crippen molar-refractivity contribution in [2.75, 3.05) is 25.1 Å². The zero-order valence-electron chi connectivity index (χ0n) is 10.5. The summed E-state index contributed by atoms with van der Waals surface area (Å²) in [5.74, 6) is 1.82. The smallest absolute Gasteiger partial charge is 0.324 e. The van der Waals surface area contributed by atoms with Gasteiger partial charge in [-0.3, -0.25) is 9.69 Å². The number of rotatable bonds is 5. The fraction of sp³-hybridized carbons (Fsp3) is 0.917. The van der Waals surface area contributed by atoms with Crippen molar-refractivity contribution in [1.82, 2.24) is 4.90 Å². The van der Waals surface area contributed by atoms with E-state index in [0.29, 0.717) is 5.92 Å². The molecule has 1 rings (SSSR count). The molecule has 0 aromatic rings. The standard InChI is InChI=1S/C12H23NO2S/c1-10(2)5-7-13(3)12(11(14)15)6-4-8-16-9-12/h10H,4-9H2,1-3H3,(H,14,15). The molecule has 1 atom stereocenters. The van der Waals surface area contributed by atoms with Crippen molar-refractivity contribution in [3.63, 3.8) is 0 Å². The summed E-state index contributed by atoms with van der Waals surface area (Å²) in [6, 6.07) is 0. The molecule has 16 heavy (non-hydrogen) atoms. The quantitative estimate of drug-likeness (QED) is 0.807. The molecule has 94 valence electrons. The van der Waals surface area contributed by atoms with E-state index >= 15 is 0 Å². The van der Waals surface area contributed by atoms with Gasteiger partial charge in [0.1, 0.15) is 5.54 Å². The van der Waals surface area contributed by atoms with E-state index in [1.807, 2.05) is 7.05 Å². The predicted molar refractivity (Wildman–Crippen MR) is 69.0 cm³/mol. The Morgan fingerprint density at radius 1 is 1.56 bits per heavy atom. The van der Waals surface area contributed by atoms with Gasteiger partial charge in [-0.05, 0) is 44.5 Å². The molecule has 0 radical (unpaired) electrons. The molecular weight excluding hydrogens is 222 g/mol. The van der Waals surface area contributed by atoms with Gasteiger partial charge in [0, 0.05) is 5.75 Å². The highest BCUT2D eigenvalue weighted by atomic mass is 32.2. The molecule has 4 heteroatoms. The normalized spacial score (nSPS) is 26.3. The van der Waals surface area contributed by atoms with Crippen LogP contribution in [0.4, 0.5) is 0 Å². The van der Waals surface area contributed by atoms with Crippen LogP contribution in [0.5, 0.6) is 0 Å². The van der Waals surface area contributed by atoms with Crippen molar-refractivity contribution in [2.24, 2.45) is 5.92 Å². The van der Waals surface area contributed by atoms with Crippen LogP contribution in [0.2, 0.25) is 0 Å². The van der Waals surface area contributed by atoms with Crippen molar-refractivity contribution in [2.45, 2.75) is 38.6 Å². The second kappa shape index (κ2) is 5.92. The van der Waals surface area contributed by atoms with Gasteiger partial charge in [-0.15, -0.1) is 0 Å². The van der Waals surface area contributed by atoms with Crippen LogP contribution in [0.1, 0.15) is 33.1 Å². The van der Waals surface area contributed by atoms with Gasteiger partial charge in [0.25, 0.3) is 0 Å². The summed E-state index contributed by atoms with van der Waals surface area (Å²) >= 11 is 1.77. The lowest BCUT2D eigenvalue weighted by atomic mass is 9.93. The lowest BCUT2D eigenvalue weighted by Crippen LogP contribution is -2.56. The van der Waals surface area contributed by atoms with Crippen LogP contribution < -0.4 is 0 Å². The monoisotopic (exact) mass is 245 g/mol. The van der Waals surface area contributed by atoms with Crippen LogP contribution >= 0.6 is 11.8 Å². The van der Waals surface area contributed by atoms with Crippen molar-refractivity contribution < 1.29 is 9.90 Å². The van der Waals surface area contributed by atoms with Gasteiger partial charge >= 0.3 is 5.97 Å². The van der Waals surface area contributed by atoms with E-state index in [1.54, 1.807) is 11.8 Å². The topological polar surface area (TPSA) is 40.5 Å². The average Bonchev–Trinajstić information content (AvgIpc) is 2.26. The summed E-state index contributed by atoms with van der Waals surface area (Å²) in [7, 11) is 1.96. The summed E-state index contributed by atoms with van der Waals surface area (Å²) in [6.45, 7) is 5.23. The average molecular weight is 245 g/mol. The van der Waals surface area contributed by atoms with E-state index in [4.69, 9.17) is 0 Å². The molecule has 0 spiro atoms. The molecule has 1 aliphatic rings. The number of carboxylic acids is 1. The number of thioether (sulfide) groups is 1. The molecule has 0 aliphatic carbocycles. The van der Waals surface area contributed by atoms with Gasteiger partial charge in [-0.25, -0.2) is 0 Å². The first-order valence-electron chi connectivity index (χ1n) is 6.01. The molecule has 0 aromatic carbocycles. The van der Waals surface area contributed by atoms with E-state index in [0.717, 1.165) is 37.3 Å². The van der Waals surface area contributed by atoms with Crippen LogP contribution in [0.3, 0.4) is 0 Å². The number of nitrogens with zero attached hydrogens (tertiary/aromatic N) is 1. The number of likely N-dealkylation sites (N-methyl/N-ethyl adjacent to an activating group) is 1. The Morgan fingerprint density at radius 3 is 2.69 bits per heavy atom. The Bertz CT molecular complexity index is 237. The van der Waals surface area contributed by atoms with E-state index in [2.05, 4.69) is 18.7 Å². The van der Waals surface area contributed by atoms with Gasteiger partial charge in [0.05, 0.1) is 0 Å². The number of aliphatic carboxylic acids is 1. The molecule has 1 aliphatic heterocycles. The zero-order valence-corrected chi connectivity index (χ0v) is 11.3. The molecule has 1 N–H and O–H groups in total. The Labute approximate surface area is 103 Å². The highest BCUT2D eigenvalue weighted by Gasteiger charge is 2.43. The SMILES string of the molecule is CC(C)CCN(C)C1(C(=O)O)CCCSC1. The predicted octanol–water partition coefficient (Wildman–Crippen LogP) is 2.31. The third kappa shape index (κ3) is 3.14. The van der Waals surface area contributed by atoms with Crippen LogP contribution in [-0.2, 0) is 4.79 Å². The molecule has 0 aromatic heterocycles. The van der Waals surface area contributed by atoms with E-state index in [9.17, 15) is 9.90 Å². The third-order valence-corrected chi connectivity index (χ3v) is 4.65. The maximum Gasteiger partial charge on any atom is 0.324 e. The first-order valence-corrected chi connectivity index (χ1v) is 7.17. The lowest BCUT2D eigenvalue weighted by Gasteiger charge is -2.40. The third-order valence-electron chi connectivity index (χ3n) is 3.39. The van der Waals surface area contributed by atoms with Crippen LogP contribution in [0, 0.1) is 5.92 Å². The van der Waals surface area contributed by atoms with E-state index < -0.39 is 11.5 Å². The highest BCUT2D eigenvalue weighted by Crippen LogP contribution is 2.32. The van der Waals surface area contributed by atoms with Crippen LogP contribution in [0.25, 0.3) is 0 Å². The fourth-order valence-corrected chi connectivity index (χ4v) is 3.40. The first kappa shape index (κ1) is 13.8. The minimum atomic E-state index is -0.647. The maximum atomic E-state index is 11.5. The van der Waals surface area contributed by atoms with E-state index in [1.165, 1.54) is 0 Å². The van der Waals surface area contributed by atoms with Crippen LogP contribution in [0.15, 0.2) is 0 Å². The zero-order chi connectivity index (χ0) is 12.2. The Balaban J connectivity index is 2.64. The molecule has 0 bridgehead atoms.